The first-order chi connectivity index (χ1) is 12.7. The quantitative estimate of drug-likeness (QED) is 0.655. The molecule has 3 saturated heterocycles. The average molecular weight is 450 g/mol. The van der Waals surface area contributed by atoms with Gasteiger partial charge in [-0.2, -0.15) is 5.26 Å². The van der Waals surface area contributed by atoms with Gasteiger partial charge in [-0.1, -0.05) is 27.7 Å². The van der Waals surface area contributed by atoms with Gasteiger partial charge in [-0.15, -0.1) is 0 Å². The first-order valence-corrected chi connectivity index (χ1v) is 10.1. The third-order valence-corrected chi connectivity index (χ3v) is 8.55. The maximum Gasteiger partial charge on any atom is 0.261 e. The van der Waals surface area contributed by atoms with Gasteiger partial charge in [-0.05, 0) is 31.5 Å². The van der Waals surface area contributed by atoms with Crippen LogP contribution in [0, 0.1) is 16.7 Å². The number of carbonyl (C=O) groups is 2. The summed E-state index contributed by atoms with van der Waals surface area (Å²) in [5, 5.41) is 10.0. The van der Waals surface area contributed by atoms with E-state index < -0.39 is 21.2 Å². The number of carbonyl (C=O) groups excluding carboxylic acids is 2. The van der Waals surface area contributed by atoms with E-state index in [2.05, 4.69) is 22.0 Å². The number of ether oxygens (including phenoxy) is 2. The molecule has 7 nitrogen and oxygen atoms in total. The topological polar surface area (TPSA) is 82.9 Å². The number of nitriles is 1. The molecular formula is C18H16BrN3O4S. The fourth-order valence-corrected chi connectivity index (χ4v) is 7.24. The number of piperazine rings is 1. The summed E-state index contributed by atoms with van der Waals surface area (Å²) in [4.78, 5) is 27.7. The molecule has 0 aliphatic carbocycles. The Morgan fingerprint density at radius 2 is 1.93 bits per heavy atom. The Kier molecular flexibility index (Phi) is 3.13. The predicted molar refractivity (Wildman–Crippen MR) is 99.7 cm³/mol. The van der Waals surface area contributed by atoms with E-state index in [-0.39, 0.29) is 25.0 Å². The number of thioether (sulfide) groups is 1. The second-order valence-corrected chi connectivity index (χ2v) is 10.3. The van der Waals surface area contributed by atoms with Crippen LogP contribution >= 0.6 is 27.7 Å². The molecule has 27 heavy (non-hydrogen) atoms. The van der Waals surface area contributed by atoms with E-state index >= 15 is 0 Å². The summed E-state index contributed by atoms with van der Waals surface area (Å²) < 4.78 is 11.6. The summed E-state index contributed by atoms with van der Waals surface area (Å²) >= 11 is 4.92. The molecule has 1 spiro atoms. The van der Waals surface area contributed by atoms with Crippen LogP contribution in [-0.4, -0.2) is 45.2 Å². The van der Waals surface area contributed by atoms with Gasteiger partial charge in [-0.3, -0.25) is 9.59 Å². The van der Waals surface area contributed by atoms with Crippen LogP contribution < -0.4 is 9.47 Å². The Labute approximate surface area is 168 Å². The van der Waals surface area contributed by atoms with E-state index in [0.29, 0.717) is 11.5 Å². The highest BCUT2D eigenvalue weighted by Gasteiger charge is 2.79. The van der Waals surface area contributed by atoms with Crippen molar-refractivity contribution in [3.8, 4) is 17.6 Å². The molecule has 2 bridgehead atoms. The van der Waals surface area contributed by atoms with Gasteiger partial charge in [0.1, 0.15) is 0 Å². The van der Waals surface area contributed by atoms with E-state index in [9.17, 15) is 14.9 Å². The molecule has 5 rings (SSSR count). The first kappa shape index (κ1) is 17.2. The van der Waals surface area contributed by atoms with Gasteiger partial charge >= 0.3 is 0 Å². The fraction of sp³-hybridized carbons (Fsp3) is 0.500. The van der Waals surface area contributed by atoms with Gasteiger partial charge in [0, 0.05) is 17.9 Å². The summed E-state index contributed by atoms with van der Waals surface area (Å²) in [6, 6.07) is 5.43. The van der Waals surface area contributed by atoms with Crippen LogP contribution in [0.4, 0.5) is 0 Å². The predicted octanol–water partition coefficient (Wildman–Crippen LogP) is 2.61. The van der Waals surface area contributed by atoms with Crippen molar-refractivity contribution in [1.29, 1.82) is 5.26 Å². The summed E-state index contributed by atoms with van der Waals surface area (Å²) in [5.41, 5.74) is -0.165. The van der Waals surface area contributed by atoms with E-state index in [4.69, 9.17) is 9.47 Å². The Morgan fingerprint density at radius 1 is 1.26 bits per heavy atom. The number of benzene rings is 1. The zero-order chi connectivity index (χ0) is 19.4. The second-order valence-electron chi connectivity index (χ2n) is 7.74. The number of fused-ring (bicyclic) bond motifs is 2. The molecule has 0 saturated carbocycles. The molecule has 2 amide bonds. The number of hydrogen-bond donors (Lipinski definition) is 0. The normalized spacial score (nSPS) is 38.6. The van der Waals surface area contributed by atoms with Gasteiger partial charge in [0.2, 0.25) is 6.79 Å². The third-order valence-electron chi connectivity index (χ3n) is 6.16. The Hall–Kier alpha value is -1.92. The maximum absolute atomic E-state index is 13.4. The van der Waals surface area contributed by atoms with Gasteiger partial charge in [-0.25, -0.2) is 0 Å². The minimum absolute atomic E-state index is 0.115. The van der Waals surface area contributed by atoms with Crippen molar-refractivity contribution in [1.82, 2.24) is 9.80 Å². The van der Waals surface area contributed by atoms with E-state index in [0.717, 1.165) is 10.0 Å². The lowest BCUT2D eigenvalue weighted by atomic mass is 9.79. The Balaban J connectivity index is 1.73. The number of nitrogens with zero attached hydrogens (tertiary/aromatic N) is 3. The molecule has 0 N–H and O–H groups in total. The van der Waals surface area contributed by atoms with Crippen molar-refractivity contribution in [2.75, 3.05) is 13.8 Å². The van der Waals surface area contributed by atoms with Crippen molar-refractivity contribution >= 4 is 39.5 Å². The second kappa shape index (κ2) is 4.92. The summed E-state index contributed by atoms with van der Waals surface area (Å²) in [6.07, 6.45) is 0.289. The van der Waals surface area contributed by atoms with E-state index in [1.807, 2.05) is 13.0 Å². The van der Waals surface area contributed by atoms with Crippen LogP contribution in [0.15, 0.2) is 16.6 Å². The van der Waals surface area contributed by atoms with E-state index in [1.165, 1.54) is 16.7 Å². The highest BCUT2D eigenvalue weighted by molar-refractivity contribution is 9.10. The average Bonchev–Trinajstić information content (AvgIpc) is 3.28. The van der Waals surface area contributed by atoms with Crippen LogP contribution in [0.25, 0.3) is 0 Å². The molecule has 140 valence electrons. The summed E-state index contributed by atoms with van der Waals surface area (Å²) in [7, 11) is 1.66. The van der Waals surface area contributed by atoms with Gasteiger partial charge in [0.25, 0.3) is 11.8 Å². The number of hydrogen-bond acceptors (Lipinski definition) is 6. The first-order valence-electron chi connectivity index (χ1n) is 8.50. The highest BCUT2D eigenvalue weighted by Crippen LogP contribution is 2.70. The van der Waals surface area contributed by atoms with E-state index in [1.54, 1.807) is 24.9 Å². The Bertz CT molecular complexity index is 980. The number of amides is 2. The summed E-state index contributed by atoms with van der Waals surface area (Å²) in [5.74, 6) is 0.940. The minimum atomic E-state index is -1.04. The number of rotatable bonds is 1. The molecular weight excluding hydrogens is 434 g/mol. The van der Waals surface area contributed by atoms with Crippen LogP contribution in [0.1, 0.15) is 31.9 Å². The zero-order valence-electron chi connectivity index (χ0n) is 14.9. The SMILES string of the molecule is CN1C(=O)C23C[C@](C)(C#N)[C@H](c4cc5c(cc4Br)OCO5)N2C(=O)C1(C)S3. The monoisotopic (exact) mass is 449 g/mol. The molecule has 4 aliphatic heterocycles. The van der Waals surface area contributed by atoms with Gasteiger partial charge in [0.05, 0.1) is 17.5 Å². The molecule has 1 aromatic rings. The summed E-state index contributed by atoms with van der Waals surface area (Å²) in [6.45, 7) is 3.73. The molecule has 0 aromatic heterocycles. The molecule has 1 aromatic carbocycles. The van der Waals surface area contributed by atoms with Gasteiger partial charge < -0.3 is 19.3 Å². The van der Waals surface area contributed by atoms with Crippen LogP contribution in [-0.2, 0) is 9.59 Å². The molecule has 9 heteroatoms. The van der Waals surface area contributed by atoms with Crippen molar-refractivity contribution in [2.45, 2.75) is 36.1 Å². The molecule has 3 fully saturated rings. The van der Waals surface area contributed by atoms with Crippen molar-refractivity contribution < 1.29 is 19.1 Å². The third kappa shape index (κ3) is 1.79. The standard InChI is InChI=1S/C18H16BrN3O4S/c1-16(7-20)6-18-15(24)21(3)17(2,27-18)14(23)22(18)13(16)9-4-11-12(5-10(9)19)26-8-25-11/h4-5,13H,6,8H2,1-3H3/t13-,16+,17?,18?/m0/s1. The van der Waals surface area contributed by atoms with Crippen molar-refractivity contribution in [3.05, 3.63) is 22.2 Å². The highest BCUT2D eigenvalue weighted by atomic mass is 79.9. The minimum Gasteiger partial charge on any atom is -0.454 e. The maximum atomic E-state index is 13.4. The fourth-order valence-electron chi connectivity index (χ4n) is 4.75. The van der Waals surface area contributed by atoms with Crippen LogP contribution in [0.5, 0.6) is 11.5 Å². The van der Waals surface area contributed by atoms with Crippen molar-refractivity contribution in [2.24, 2.45) is 5.41 Å². The Morgan fingerprint density at radius 3 is 2.59 bits per heavy atom. The zero-order valence-corrected chi connectivity index (χ0v) is 17.3. The smallest absolute Gasteiger partial charge is 0.261 e. The van der Waals surface area contributed by atoms with Crippen LogP contribution in [0.3, 0.4) is 0 Å². The largest absolute Gasteiger partial charge is 0.454 e. The number of likely N-dealkylation sites (N-methyl/N-ethyl adjacent to an activating group) is 1. The lowest BCUT2D eigenvalue weighted by Crippen LogP contribution is -2.60. The number of halogens is 1. The van der Waals surface area contributed by atoms with Crippen molar-refractivity contribution in [3.63, 3.8) is 0 Å². The molecule has 4 atom stereocenters. The van der Waals surface area contributed by atoms with Crippen LogP contribution in [0.2, 0.25) is 0 Å². The van der Waals surface area contributed by atoms with Gasteiger partial charge in [0.15, 0.2) is 21.2 Å². The lowest BCUT2D eigenvalue weighted by Gasteiger charge is -2.40. The molecule has 0 radical (unpaired) electrons. The molecule has 2 unspecified atom stereocenters. The molecule has 4 heterocycles. The molecule has 4 aliphatic rings. The lowest BCUT2D eigenvalue weighted by molar-refractivity contribution is -0.159.